The van der Waals surface area contributed by atoms with Gasteiger partial charge >= 0.3 is 0 Å². The van der Waals surface area contributed by atoms with Gasteiger partial charge in [-0.15, -0.1) is 0 Å². The van der Waals surface area contributed by atoms with Gasteiger partial charge in [0.1, 0.15) is 0 Å². The third-order valence-electron chi connectivity index (χ3n) is 3.67. The molecule has 0 fully saturated rings. The Labute approximate surface area is 115 Å². The Balaban J connectivity index is 2.48. The summed E-state index contributed by atoms with van der Waals surface area (Å²) in [6, 6.07) is 8.96. The first-order valence-corrected chi connectivity index (χ1v) is 6.84. The second-order valence-corrected chi connectivity index (χ2v) is 5.11. The summed E-state index contributed by atoms with van der Waals surface area (Å²) in [5.74, 6) is 0. The van der Waals surface area contributed by atoms with Crippen molar-refractivity contribution >= 4 is 0 Å². The van der Waals surface area contributed by atoms with Gasteiger partial charge in [0, 0.05) is 18.3 Å². The van der Waals surface area contributed by atoms with Crippen LogP contribution in [0.1, 0.15) is 41.0 Å². The van der Waals surface area contributed by atoms with Gasteiger partial charge in [0.05, 0.1) is 11.7 Å². The number of rotatable bonds is 4. The van der Waals surface area contributed by atoms with Crippen LogP contribution in [0.25, 0.3) is 0 Å². The molecule has 1 aromatic heterocycles. The summed E-state index contributed by atoms with van der Waals surface area (Å²) < 4.78 is 1.96. The van der Waals surface area contributed by atoms with Gasteiger partial charge in [-0.05, 0) is 32.9 Å². The lowest BCUT2D eigenvalue weighted by molar-refractivity contribution is 0.623. The van der Waals surface area contributed by atoms with E-state index in [1.807, 2.05) is 11.7 Å². The van der Waals surface area contributed by atoms with E-state index in [2.05, 4.69) is 62.4 Å². The molecule has 0 aliphatic rings. The Kier molecular flexibility index (Phi) is 4.05. The van der Waals surface area contributed by atoms with E-state index in [0.717, 1.165) is 12.2 Å². The molecule has 2 rings (SSSR count). The average molecular weight is 257 g/mol. The first kappa shape index (κ1) is 13.8. The zero-order valence-corrected chi connectivity index (χ0v) is 12.5. The van der Waals surface area contributed by atoms with E-state index < -0.39 is 0 Å². The molecule has 0 saturated carbocycles. The topological polar surface area (TPSA) is 29.9 Å². The summed E-state index contributed by atoms with van der Waals surface area (Å²) in [7, 11) is 2.00. The van der Waals surface area contributed by atoms with Gasteiger partial charge in [-0.3, -0.25) is 4.68 Å². The van der Waals surface area contributed by atoms with E-state index in [9.17, 15) is 0 Å². The molecule has 0 amide bonds. The molecule has 2 aromatic rings. The smallest absolute Gasteiger partial charge is 0.0647 e. The predicted molar refractivity (Wildman–Crippen MR) is 79.4 cm³/mol. The Morgan fingerprint density at radius 2 is 1.79 bits per heavy atom. The van der Waals surface area contributed by atoms with Crippen LogP contribution in [0.15, 0.2) is 24.3 Å². The van der Waals surface area contributed by atoms with E-state index in [1.54, 1.807) is 0 Å². The summed E-state index contributed by atoms with van der Waals surface area (Å²) in [5, 5.41) is 8.11. The first-order chi connectivity index (χ1) is 9.04. The van der Waals surface area contributed by atoms with Crippen LogP contribution in [-0.4, -0.2) is 16.3 Å². The quantitative estimate of drug-likeness (QED) is 0.912. The SMILES string of the molecule is CCNC(c1ccc(C)cc1)c1c(C)nn(C)c1C. The Hall–Kier alpha value is -1.61. The van der Waals surface area contributed by atoms with Gasteiger partial charge in [-0.25, -0.2) is 0 Å². The van der Waals surface area contributed by atoms with Gasteiger partial charge in [0.25, 0.3) is 0 Å². The second-order valence-electron chi connectivity index (χ2n) is 5.11. The highest BCUT2D eigenvalue weighted by Gasteiger charge is 2.20. The van der Waals surface area contributed by atoms with Crippen LogP contribution in [0.5, 0.6) is 0 Å². The molecule has 3 nitrogen and oxygen atoms in total. The fourth-order valence-electron chi connectivity index (χ4n) is 2.56. The van der Waals surface area contributed by atoms with Crippen molar-refractivity contribution in [3.8, 4) is 0 Å². The summed E-state index contributed by atoms with van der Waals surface area (Å²) >= 11 is 0. The molecule has 0 radical (unpaired) electrons. The van der Waals surface area contributed by atoms with E-state index >= 15 is 0 Å². The van der Waals surface area contributed by atoms with Crippen molar-refractivity contribution in [1.82, 2.24) is 15.1 Å². The van der Waals surface area contributed by atoms with Crippen molar-refractivity contribution in [2.75, 3.05) is 6.54 Å². The van der Waals surface area contributed by atoms with Crippen molar-refractivity contribution < 1.29 is 0 Å². The number of aromatic nitrogens is 2. The number of hydrogen-bond donors (Lipinski definition) is 1. The Bertz CT molecular complexity index is 552. The van der Waals surface area contributed by atoms with Crippen molar-refractivity contribution in [2.24, 2.45) is 7.05 Å². The molecule has 1 N–H and O–H groups in total. The van der Waals surface area contributed by atoms with Crippen LogP contribution in [-0.2, 0) is 7.05 Å². The Morgan fingerprint density at radius 3 is 2.26 bits per heavy atom. The van der Waals surface area contributed by atoms with Crippen LogP contribution >= 0.6 is 0 Å². The molecule has 102 valence electrons. The molecule has 1 aromatic carbocycles. The highest BCUT2D eigenvalue weighted by molar-refractivity contribution is 5.38. The van der Waals surface area contributed by atoms with E-state index in [0.29, 0.717) is 0 Å². The number of nitrogens with zero attached hydrogens (tertiary/aromatic N) is 2. The third-order valence-corrected chi connectivity index (χ3v) is 3.67. The second kappa shape index (κ2) is 5.57. The van der Waals surface area contributed by atoms with E-state index in [-0.39, 0.29) is 6.04 Å². The molecule has 0 spiro atoms. The molecule has 1 atom stereocenters. The standard InChI is InChI=1S/C16H23N3/c1-6-17-16(14-9-7-11(2)8-10-14)15-12(3)18-19(5)13(15)4/h7-10,16-17H,6H2,1-5H3. The zero-order chi connectivity index (χ0) is 14.0. The molecular weight excluding hydrogens is 234 g/mol. The maximum atomic E-state index is 4.53. The van der Waals surface area contributed by atoms with Crippen molar-refractivity contribution in [3.63, 3.8) is 0 Å². The highest BCUT2D eigenvalue weighted by atomic mass is 15.3. The maximum Gasteiger partial charge on any atom is 0.0647 e. The molecule has 1 heterocycles. The number of hydrogen-bond acceptors (Lipinski definition) is 2. The van der Waals surface area contributed by atoms with Crippen molar-refractivity contribution in [1.29, 1.82) is 0 Å². The van der Waals surface area contributed by atoms with Crippen LogP contribution in [0, 0.1) is 20.8 Å². The molecule has 0 bridgehead atoms. The molecule has 0 aliphatic carbocycles. The van der Waals surface area contributed by atoms with Crippen molar-refractivity contribution in [2.45, 2.75) is 33.7 Å². The number of benzene rings is 1. The molecular formula is C16H23N3. The lowest BCUT2D eigenvalue weighted by atomic mass is 9.96. The average Bonchev–Trinajstić information content (AvgIpc) is 2.62. The lowest BCUT2D eigenvalue weighted by Crippen LogP contribution is -2.23. The maximum absolute atomic E-state index is 4.53. The first-order valence-electron chi connectivity index (χ1n) is 6.84. The largest absolute Gasteiger partial charge is 0.306 e. The highest BCUT2D eigenvalue weighted by Crippen LogP contribution is 2.27. The van der Waals surface area contributed by atoms with Gasteiger partial charge in [0.2, 0.25) is 0 Å². The lowest BCUT2D eigenvalue weighted by Gasteiger charge is -2.19. The van der Waals surface area contributed by atoms with Gasteiger partial charge < -0.3 is 5.32 Å². The third kappa shape index (κ3) is 2.71. The molecule has 0 saturated heterocycles. The summed E-state index contributed by atoms with van der Waals surface area (Å²) in [6.07, 6.45) is 0. The van der Waals surface area contributed by atoms with Gasteiger partial charge in [-0.2, -0.15) is 5.10 Å². The van der Waals surface area contributed by atoms with E-state index in [1.165, 1.54) is 22.4 Å². The van der Waals surface area contributed by atoms with Gasteiger partial charge in [-0.1, -0.05) is 36.8 Å². The van der Waals surface area contributed by atoms with Crippen LogP contribution in [0.3, 0.4) is 0 Å². The minimum Gasteiger partial charge on any atom is -0.306 e. The molecule has 1 unspecified atom stereocenters. The van der Waals surface area contributed by atoms with Crippen LogP contribution < -0.4 is 5.32 Å². The molecule has 3 heteroatoms. The zero-order valence-electron chi connectivity index (χ0n) is 12.5. The molecule has 19 heavy (non-hydrogen) atoms. The van der Waals surface area contributed by atoms with Crippen molar-refractivity contribution in [3.05, 3.63) is 52.3 Å². The van der Waals surface area contributed by atoms with Crippen LogP contribution in [0.4, 0.5) is 0 Å². The normalized spacial score (nSPS) is 12.7. The fraction of sp³-hybridized carbons (Fsp3) is 0.438. The molecule has 0 aliphatic heterocycles. The summed E-state index contributed by atoms with van der Waals surface area (Å²) in [6.45, 7) is 9.41. The summed E-state index contributed by atoms with van der Waals surface area (Å²) in [4.78, 5) is 0. The minimum absolute atomic E-state index is 0.222. The summed E-state index contributed by atoms with van der Waals surface area (Å²) in [5.41, 5.74) is 6.22. The minimum atomic E-state index is 0.222. The number of nitrogens with one attached hydrogen (secondary N) is 1. The van der Waals surface area contributed by atoms with Crippen LogP contribution in [0.2, 0.25) is 0 Å². The predicted octanol–water partition coefficient (Wildman–Crippen LogP) is 3.04. The fourth-order valence-corrected chi connectivity index (χ4v) is 2.56. The number of aryl methyl sites for hydroxylation is 3. The Morgan fingerprint density at radius 1 is 1.16 bits per heavy atom. The van der Waals surface area contributed by atoms with Gasteiger partial charge in [0.15, 0.2) is 0 Å². The van der Waals surface area contributed by atoms with E-state index in [4.69, 9.17) is 0 Å². The monoisotopic (exact) mass is 257 g/mol.